The van der Waals surface area contributed by atoms with Gasteiger partial charge in [-0.25, -0.2) is 0 Å². The van der Waals surface area contributed by atoms with E-state index in [1.54, 1.807) is 0 Å². The number of hydrogen-bond acceptors (Lipinski definition) is 2. The zero-order valence-corrected chi connectivity index (χ0v) is 12.4. The van der Waals surface area contributed by atoms with Gasteiger partial charge in [-0.3, -0.25) is 4.90 Å². The number of nitrogens with two attached hydrogens (primary N) is 1. The Bertz CT molecular complexity index is 309. The second kappa shape index (κ2) is 6.22. The van der Waals surface area contributed by atoms with Crippen LogP contribution in [0, 0.1) is 11.8 Å². The largest absolute Gasteiger partial charge is 0.391 e. The fourth-order valence-electron chi connectivity index (χ4n) is 3.87. The van der Waals surface area contributed by atoms with Crippen molar-refractivity contribution in [3.05, 3.63) is 0 Å². The molecule has 5 heteroatoms. The summed E-state index contributed by atoms with van der Waals surface area (Å²) in [5, 5.41) is 0. The van der Waals surface area contributed by atoms with Crippen LogP contribution in [0.2, 0.25) is 0 Å². The summed E-state index contributed by atoms with van der Waals surface area (Å²) in [7, 11) is 0. The summed E-state index contributed by atoms with van der Waals surface area (Å²) in [5.74, 6) is -0.394. The third-order valence-electron chi connectivity index (χ3n) is 5.45. The Morgan fingerprint density at radius 3 is 2.30 bits per heavy atom. The van der Waals surface area contributed by atoms with Crippen molar-refractivity contribution in [2.24, 2.45) is 17.6 Å². The lowest BCUT2D eigenvalue weighted by molar-refractivity contribution is -0.188. The molecule has 118 valence electrons. The lowest BCUT2D eigenvalue weighted by atomic mass is 9.75. The van der Waals surface area contributed by atoms with Crippen LogP contribution in [0.4, 0.5) is 13.2 Å². The SMILES string of the molecule is CC1CCCN(C2(CN)CCC(C(F)(F)F)CC2)CC1. The van der Waals surface area contributed by atoms with E-state index in [9.17, 15) is 13.2 Å². The van der Waals surface area contributed by atoms with Gasteiger partial charge < -0.3 is 5.73 Å². The number of halogens is 3. The Morgan fingerprint density at radius 1 is 1.10 bits per heavy atom. The molecule has 1 atom stereocenters. The standard InChI is InChI=1S/C15H27F3N2/c1-12-3-2-9-20(10-6-12)14(11-19)7-4-13(5-8-14)15(16,17)18/h12-13H,2-11,19H2,1H3. The van der Waals surface area contributed by atoms with Gasteiger partial charge in [-0.1, -0.05) is 6.92 Å². The summed E-state index contributed by atoms with van der Waals surface area (Å²) in [6.45, 7) is 4.75. The number of nitrogens with zero attached hydrogens (tertiary/aromatic N) is 1. The van der Waals surface area contributed by atoms with E-state index in [-0.39, 0.29) is 18.4 Å². The predicted molar refractivity (Wildman–Crippen MR) is 74.4 cm³/mol. The molecule has 1 aliphatic carbocycles. The van der Waals surface area contributed by atoms with Gasteiger partial charge in [0.2, 0.25) is 0 Å². The molecule has 2 fully saturated rings. The molecule has 0 amide bonds. The van der Waals surface area contributed by atoms with Crippen molar-refractivity contribution in [3.63, 3.8) is 0 Å². The van der Waals surface area contributed by atoms with Crippen LogP contribution in [-0.4, -0.2) is 36.2 Å². The highest BCUT2D eigenvalue weighted by Crippen LogP contribution is 2.43. The third kappa shape index (κ3) is 3.48. The second-order valence-corrected chi connectivity index (χ2v) is 6.77. The van der Waals surface area contributed by atoms with Gasteiger partial charge in [0.05, 0.1) is 5.92 Å². The van der Waals surface area contributed by atoms with Crippen molar-refractivity contribution in [2.45, 2.75) is 63.6 Å². The minimum absolute atomic E-state index is 0.175. The van der Waals surface area contributed by atoms with Crippen LogP contribution in [0.15, 0.2) is 0 Å². The molecule has 0 aromatic carbocycles. The fraction of sp³-hybridized carbons (Fsp3) is 1.00. The molecule has 2 N–H and O–H groups in total. The van der Waals surface area contributed by atoms with Crippen LogP contribution in [0.3, 0.4) is 0 Å². The Morgan fingerprint density at radius 2 is 1.75 bits per heavy atom. The summed E-state index contributed by atoms with van der Waals surface area (Å²) in [6.07, 6.45) is 1.16. The molecule has 2 aliphatic rings. The number of rotatable bonds is 2. The maximum Gasteiger partial charge on any atom is 0.391 e. The molecule has 0 bridgehead atoms. The molecule has 1 saturated carbocycles. The number of likely N-dealkylation sites (tertiary alicyclic amines) is 1. The third-order valence-corrected chi connectivity index (χ3v) is 5.45. The summed E-state index contributed by atoms with van der Waals surface area (Å²) in [6, 6.07) is 0. The molecule has 1 saturated heterocycles. The van der Waals surface area contributed by atoms with Gasteiger partial charge in [-0.2, -0.15) is 13.2 Å². The van der Waals surface area contributed by atoms with Crippen molar-refractivity contribution < 1.29 is 13.2 Å². The molecule has 0 aromatic rings. The molecule has 20 heavy (non-hydrogen) atoms. The van der Waals surface area contributed by atoms with Gasteiger partial charge in [0.1, 0.15) is 0 Å². The topological polar surface area (TPSA) is 29.3 Å². The maximum absolute atomic E-state index is 12.8. The van der Waals surface area contributed by atoms with E-state index >= 15 is 0 Å². The average Bonchev–Trinajstić information content (AvgIpc) is 2.63. The van der Waals surface area contributed by atoms with Crippen molar-refractivity contribution in [2.75, 3.05) is 19.6 Å². The summed E-state index contributed by atoms with van der Waals surface area (Å²) in [4.78, 5) is 2.41. The Balaban J connectivity index is 2.01. The quantitative estimate of drug-likeness (QED) is 0.843. The van der Waals surface area contributed by atoms with E-state index in [2.05, 4.69) is 11.8 Å². The first-order valence-corrected chi connectivity index (χ1v) is 7.89. The van der Waals surface area contributed by atoms with Crippen LogP contribution in [0.1, 0.15) is 51.9 Å². The van der Waals surface area contributed by atoms with E-state index in [0.29, 0.717) is 19.4 Å². The average molecular weight is 292 g/mol. The van der Waals surface area contributed by atoms with E-state index in [0.717, 1.165) is 31.8 Å². The highest BCUT2D eigenvalue weighted by molar-refractivity contribution is 4.97. The number of hydrogen-bond donors (Lipinski definition) is 1. The van der Waals surface area contributed by atoms with Gasteiger partial charge in [0.15, 0.2) is 0 Å². The van der Waals surface area contributed by atoms with Crippen molar-refractivity contribution in [3.8, 4) is 0 Å². The lowest BCUT2D eigenvalue weighted by Gasteiger charge is -2.47. The van der Waals surface area contributed by atoms with Crippen LogP contribution < -0.4 is 5.73 Å². The normalized spacial score (nSPS) is 37.6. The van der Waals surface area contributed by atoms with Gasteiger partial charge >= 0.3 is 6.18 Å². The highest BCUT2D eigenvalue weighted by atomic mass is 19.4. The molecule has 0 aromatic heterocycles. The molecule has 1 aliphatic heterocycles. The summed E-state index contributed by atoms with van der Waals surface area (Å²) in [5.41, 5.74) is 5.81. The zero-order chi connectivity index (χ0) is 14.8. The zero-order valence-electron chi connectivity index (χ0n) is 12.4. The molecule has 0 spiro atoms. The van der Waals surface area contributed by atoms with Crippen molar-refractivity contribution in [1.82, 2.24) is 4.90 Å². The molecule has 0 radical (unpaired) electrons. The Labute approximate surface area is 119 Å². The van der Waals surface area contributed by atoms with Crippen LogP contribution in [0.25, 0.3) is 0 Å². The maximum atomic E-state index is 12.8. The van der Waals surface area contributed by atoms with Crippen molar-refractivity contribution in [1.29, 1.82) is 0 Å². The molecular weight excluding hydrogens is 265 g/mol. The molecule has 2 rings (SSSR count). The minimum Gasteiger partial charge on any atom is -0.329 e. The van der Waals surface area contributed by atoms with Crippen LogP contribution in [0.5, 0.6) is 0 Å². The second-order valence-electron chi connectivity index (χ2n) is 6.77. The van der Waals surface area contributed by atoms with Crippen molar-refractivity contribution >= 4 is 0 Å². The van der Waals surface area contributed by atoms with Gasteiger partial charge in [-0.05, 0) is 64.0 Å². The van der Waals surface area contributed by atoms with E-state index in [1.807, 2.05) is 0 Å². The summed E-state index contributed by atoms with van der Waals surface area (Å²) >= 11 is 0. The fourth-order valence-corrected chi connectivity index (χ4v) is 3.87. The first-order valence-electron chi connectivity index (χ1n) is 7.89. The smallest absolute Gasteiger partial charge is 0.329 e. The predicted octanol–water partition coefficient (Wildman–Crippen LogP) is 3.56. The van der Waals surface area contributed by atoms with E-state index in [4.69, 9.17) is 5.73 Å². The molecule has 2 nitrogen and oxygen atoms in total. The first-order chi connectivity index (χ1) is 9.37. The van der Waals surface area contributed by atoms with Crippen LogP contribution in [-0.2, 0) is 0 Å². The highest BCUT2D eigenvalue weighted by Gasteiger charge is 2.47. The molecular formula is C15H27F3N2. The van der Waals surface area contributed by atoms with Gasteiger partial charge in [-0.15, -0.1) is 0 Å². The summed E-state index contributed by atoms with van der Waals surface area (Å²) < 4.78 is 38.4. The van der Waals surface area contributed by atoms with Gasteiger partial charge in [0.25, 0.3) is 0 Å². The number of alkyl halides is 3. The Kier molecular flexibility index (Phi) is 5.00. The molecule has 1 unspecified atom stereocenters. The van der Waals surface area contributed by atoms with E-state index in [1.165, 1.54) is 6.42 Å². The van der Waals surface area contributed by atoms with E-state index < -0.39 is 12.1 Å². The monoisotopic (exact) mass is 292 g/mol. The first kappa shape index (κ1) is 16.1. The minimum atomic E-state index is -4.03. The van der Waals surface area contributed by atoms with Gasteiger partial charge in [0, 0.05) is 12.1 Å². The van der Waals surface area contributed by atoms with Crippen LogP contribution >= 0.6 is 0 Å². The Hall–Kier alpha value is -0.290. The lowest BCUT2D eigenvalue weighted by Crippen LogP contribution is -2.56. The molecule has 1 heterocycles.